The number of fused-ring (bicyclic) bond motifs is 3. The number of H-pyrrole nitrogens is 1. The Morgan fingerprint density at radius 2 is 2.00 bits per heavy atom. The van der Waals surface area contributed by atoms with E-state index < -0.39 is 5.69 Å². The standard InChI is InChI=1S/C11H10N4O2/c1-6-3-4-7-8(5-6)15-9(10(16)14(7)2)12-13-11(15)17/h3-5H,1-2H3,(H,13,17). The van der Waals surface area contributed by atoms with E-state index in [1.165, 1.54) is 8.97 Å². The van der Waals surface area contributed by atoms with Crippen molar-refractivity contribution in [2.45, 2.75) is 6.92 Å². The van der Waals surface area contributed by atoms with Crippen LogP contribution in [0.15, 0.2) is 27.8 Å². The summed E-state index contributed by atoms with van der Waals surface area (Å²) < 4.78 is 2.80. The van der Waals surface area contributed by atoms with Crippen LogP contribution in [-0.2, 0) is 7.05 Å². The van der Waals surface area contributed by atoms with E-state index in [4.69, 9.17) is 0 Å². The zero-order valence-corrected chi connectivity index (χ0v) is 9.39. The molecular formula is C11H10N4O2. The molecular weight excluding hydrogens is 220 g/mol. The van der Waals surface area contributed by atoms with Gasteiger partial charge in [-0.15, -0.1) is 5.10 Å². The maximum Gasteiger partial charge on any atom is 0.348 e. The first-order valence-corrected chi connectivity index (χ1v) is 5.16. The zero-order valence-electron chi connectivity index (χ0n) is 9.39. The van der Waals surface area contributed by atoms with Crippen LogP contribution in [0.3, 0.4) is 0 Å². The lowest BCUT2D eigenvalue weighted by molar-refractivity contribution is 0.892. The summed E-state index contributed by atoms with van der Waals surface area (Å²) in [7, 11) is 1.67. The van der Waals surface area contributed by atoms with Gasteiger partial charge in [0.15, 0.2) is 0 Å². The van der Waals surface area contributed by atoms with Gasteiger partial charge in [-0.1, -0.05) is 6.07 Å². The monoisotopic (exact) mass is 230 g/mol. The number of aromatic nitrogens is 4. The number of rotatable bonds is 0. The van der Waals surface area contributed by atoms with Gasteiger partial charge in [-0.25, -0.2) is 14.3 Å². The fourth-order valence-corrected chi connectivity index (χ4v) is 2.02. The third-order valence-electron chi connectivity index (χ3n) is 2.90. The molecule has 2 aromatic heterocycles. The van der Waals surface area contributed by atoms with E-state index in [0.717, 1.165) is 5.56 Å². The van der Waals surface area contributed by atoms with E-state index in [1.807, 2.05) is 25.1 Å². The summed E-state index contributed by atoms with van der Waals surface area (Å²) in [4.78, 5) is 23.6. The molecule has 1 aromatic carbocycles. The highest BCUT2D eigenvalue weighted by atomic mass is 16.2. The molecule has 0 spiro atoms. The molecule has 17 heavy (non-hydrogen) atoms. The molecule has 0 aliphatic rings. The van der Waals surface area contributed by atoms with Gasteiger partial charge in [-0.05, 0) is 24.6 Å². The summed E-state index contributed by atoms with van der Waals surface area (Å²) in [5.41, 5.74) is 1.84. The van der Waals surface area contributed by atoms with Crippen molar-refractivity contribution in [2.24, 2.45) is 7.05 Å². The topological polar surface area (TPSA) is 72.2 Å². The lowest BCUT2D eigenvalue weighted by Crippen LogP contribution is -2.23. The molecule has 6 heteroatoms. The number of hydrogen-bond acceptors (Lipinski definition) is 3. The Hall–Kier alpha value is -2.37. The van der Waals surface area contributed by atoms with E-state index in [0.29, 0.717) is 11.0 Å². The van der Waals surface area contributed by atoms with Crippen LogP contribution in [0.25, 0.3) is 16.7 Å². The Bertz CT molecular complexity index is 853. The highest BCUT2D eigenvalue weighted by Gasteiger charge is 2.11. The summed E-state index contributed by atoms with van der Waals surface area (Å²) in [6.07, 6.45) is 0. The van der Waals surface area contributed by atoms with Gasteiger partial charge in [-0.3, -0.25) is 4.79 Å². The number of nitrogens with zero attached hydrogens (tertiary/aromatic N) is 3. The van der Waals surface area contributed by atoms with Gasteiger partial charge in [0.1, 0.15) is 0 Å². The van der Waals surface area contributed by atoms with Crippen LogP contribution in [-0.4, -0.2) is 19.2 Å². The minimum atomic E-state index is -0.395. The van der Waals surface area contributed by atoms with Crippen molar-refractivity contribution in [3.8, 4) is 0 Å². The predicted octanol–water partition coefficient (Wildman–Crippen LogP) is 0.183. The third kappa shape index (κ3) is 1.17. The zero-order chi connectivity index (χ0) is 12.2. The van der Waals surface area contributed by atoms with Crippen molar-refractivity contribution in [1.82, 2.24) is 19.2 Å². The Kier molecular flexibility index (Phi) is 1.77. The summed E-state index contributed by atoms with van der Waals surface area (Å²) in [5, 5.41) is 6.05. The summed E-state index contributed by atoms with van der Waals surface area (Å²) >= 11 is 0. The van der Waals surface area contributed by atoms with Crippen molar-refractivity contribution < 1.29 is 0 Å². The van der Waals surface area contributed by atoms with E-state index >= 15 is 0 Å². The SMILES string of the molecule is Cc1ccc2c(c1)n1c(=O)[nH]nc1c(=O)n2C. The number of benzene rings is 1. The first-order chi connectivity index (χ1) is 8.09. The van der Waals surface area contributed by atoms with E-state index in [2.05, 4.69) is 10.2 Å². The predicted molar refractivity (Wildman–Crippen MR) is 63.3 cm³/mol. The van der Waals surface area contributed by atoms with Gasteiger partial charge in [0.25, 0.3) is 5.56 Å². The third-order valence-corrected chi connectivity index (χ3v) is 2.90. The number of hydrogen-bond donors (Lipinski definition) is 1. The van der Waals surface area contributed by atoms with E-state index in [1.54, 1.807) is 7.05 Å². The van der Waals surface area contributed by atoms with Gasteiger partial charge in [0.05, 0.1) is 11.0 Å². The Morgan fingerprint density at radius 3 is 2.76 bits per heavy atom. The highest BCUT2D eigenvalue weighted by Crippen LogP contribution is 2.13. The number of aromatic amines is 1. The second-order valence-electron chi connectivity index (χ2n) is 4.04. The fraction of sp³-hybridized carbons (Fsp3) is 0.182. The lowest BCUT2D eigenvalue weighted by atomic mass is 10.2. The molecule has 1 N–H and O–H groups in total. The smallest absolute Gasteiger partial charge is 0.307 e. The minimum Gasteiger partial charge on any atom is -0.307 e. The minimum absolute atomic E-state index is 0.121. The fourth-order valence-electron chi connectivity index (χ4n) is 2.02. The van der Waals surface area contributed by atoms with E-state index in [-0.39, 0.29) is 11.2 Å². The molecule has 0 aliphatic heterocycles. The largest absolute Gasteiger partial charge is 0.348 e. The Labute approximate surface area is 95.1 Å². The molecule has 0 atom stereocenters. The van der Waals surface area contributed by atoms with Crippen LogP contribution in [0, 0.1) is 6.92 Å². The first kappa shape index (κ1) is 9.83. The Morgan fingerprint density at radius 1 is 1.24 bits per heavy atom. The summed E-state index contributed by atoms with van der Waals surface area (Å²) in [6.45, 7) is 1.93. The first-order valence-electron chi connectivity index (χ1n) is 5.16. The average Bonchev–Trinajstić information content (AvgIpc) is 2.68. The van der Waals surface area contributed by atoms with Gasteiger partial charge in [0, 0.05) is 7.05 Å². The van der Waals surface area contributed by atoms with Crippen molar-refractivity contribution in [1.29, 1.82) is 0 Å². The molecule has 0 aliphatic carbocycles. The van der Waals surface area contributed by atoms with Gasteiger partial charge < -0.3 is 4.57 Å². The molecule has 86 valence electrons. The summed E-state index contributed by atoms with van der Waals surface area (Å²) in [6, 6.07) is 5.59. The van der Waals surface area contributed by atoms with Crippen molar-refractivity contribution >= 4 is 16.7 Å². The molecule has 0 unspecified atom stereocenters. The lowest BCUT2D eigenvalue weighted by Gasteiger charge is -2.06. The molecule has 2 heterocycles. The molecule has 0 saturated heterocycles. The van der Waals surface area contributed by atoms with E-state index in [9.17, 15) is 9.59 Å². The quantitative estimate of drug-likeness (QED) is 0.599. The Balaban J connectivity index is 2.79. The second kappa shape index (κ2) is 3.07. The molecule has 0 fully saturated rings. The summed E-state index contributed by atoms with van der Waals surface area (Å²) in [5.74, 6) is 0. The number of nitrogens with one attached hydrogen (secondary N) is 1. The molecule has 0 amide bonds. The molecule has 0 saturated carbocycles. The van der Waals surface area contributed by atoms with Crippen LogP contribution in [0.2, 0.25) is 0 Å². The van der Waals surface area contributed by atoms with Crippen LogP contribution in [0.1, 0.15) is 5.56 Å². The van der Waals surface area contributed by atoms with Crippen molar-refractivity contribution in [3.63, 3.8) is 0 Å². The normalized spacial score (nSPS) is 11.4. The van der Waals surface area contributed by atoms with Gasteiger partial charge in [0.2, 0.25) is 5.65 Å². The average molecular weight is 230 g/mol. The highest BCUT2D eigenvalue weighted by molar-refractivity contribution is 5.78. The molecule has 3 aromatic rings. The molecule has 0 radical (unpaired) electrons. The van der Waals surface area contributed by atoms with Crippen LogP contribution >= 0.6 is 0 Å². The van der Waals surface area contributed by atoms with Gasteiger partial charge in [-0.2, -0.15) is 0 Å². The van der Waals surface area contributed by atoms with Crippen LogP contribution in [0.4, 0.5) is 0 Å². The molecule has 6 nitrogen and oxygen atoms in total. The van der Waals surface area contributed by atoms with Gasteiger partial charge >= 0.3 is 5.69 Å². The van der Waals surface area contributed by atoms with Crippen LogP contribution < -0.4 is 11.2 Å². The maximum atomic E-state index is 12.0. The van der Waals surface area contributed by atoms with Crippen molar-refractivity contribution in [3.05, 3.63) is 44.6 Å². The number of aryl methyl sites for hydroxylation is 2. The van der Waals surface area contributed by atoms with Crippen LogP contribution in [0.5, 0.6) is 0 Å². The molecule has 0 bridgehead atoms. The second-order valence-corrected chi connectivity index (χ2v) is 4.04. The van der Waals surface area contributed by atoms with Crippen molar-refractivity contribution in [2.75, 3.05) is 0 Å². The molecule has 3 rings (SSSR count). The maximum absolute atomic E-state index is 12.0.